The number of carbonyl (C=O) groups is 1. The number of amides is 1. The van der Waals surface area contributed by atoms with Gasteiger partial charge < -0.3 is 14.7 Å². The van der Waals surface area contributed by atoms with E-state index in [1.54, 1.807) is 11.8 Å². The minimum Gasteiger partial charge on any atom is -0.378 e. The molecule has 0 radical (unpaired) electrons. The summed E-state index contributed by atoms with van der Waals surface area (Å²) in [6, 6.07) is 6.15. The van der Waals surface area contributed by atoms with Crippen molar-refractivity contribution in [2.75, 3.05) is 50.9 Å². The van der Waals surface area contributed by atoms with E-state index in [1.807, 2.05) is 30.0 Å². The van der Waals surface area contributed by atoms with Crippen LogP contribution in [0.3, 0.4) is 0 Å². The summed E-state index contributed by atoms with van der Waals surface area (Å²) in [5.74, 6) is 0.798. The molecule has 2 saturated heterocycles. The van der Waals surface area contributed by atoms with Crippen LogP contribution in [-0.2, 0) is 4.79 Å². The predicted molar refractivity (Wildman–Crippen MR) is 108 cm³/mol. The lowest BCUT2D eigenvalue weighted by Crippen LogP contribution is -2.30. The second-order valence-corrected chi connectivity index (χ2v) is 8.58. The molecular weight excluding hydrogens is 354 g/mol. The number of thioether (sulfide) groups is 1. The van der Waals surface area contributed by atoms with E-state index >= 15 is 0 Å². The number of anilines is 1. The highest BCUT2D eigenvalue weighted by molar-refractivity contribution is 8.00. The fraction of sp³-hybridized carbons (Fsp3) is 0.632. The highest BCUT2D eigenvalue weighted by Crippen LogP contribution is 2.42. The molecule has 0 N–H and O–H groups in total. The van der Waals surface area contributed by atoms with Crippen molar-refractivity contribution in [3.05, 3.63) is 28.8 Å². The highest BCUT2D eigenvalue weighted by Gasteiger charge is 2.33. The van der Waals surface area contributed by atoms with Crippen LogP contribution in [-0.4, -0.2) is 61.7 Å². The van der Waals surface area contributed by atoms with Gasteiger partial charge in [0.2, 0.25) is 5.91 Å². The van der Waals surface area contributed by atoms with Crippen molar-refractivity contribution in [1.82, 2.24) is 9.80 Å². The van der Waals surface area contributed by atoms with Crippen molar-refractivity contribution in [3.63, 3.8) is 0 Å². The fourth-order valence-electron chi connectivity index (χ4n) is 3.57. The Bertz CT molecular complexity index is 604. The second-order valence-electron chi connectivity index (χ2n) is 7.11. The molecule has 2 aliphatic heterocycles. The second kappa shape index (κ2) is 8.65. The third-order valence-corrected chi connectivity index (χ3v) is 6.62. The zero-order chi connectivity index (χ0) is 17.8. The molecule has 0 saturated carbocycles. The Labute approximate surface area is 160 Å². The average Bonchev–Trinajstić information content (AvgIpc) is 3.22. The van der Waals surface area contributed by atoms with Gasteiger partial charge in [-0.1, -0.05) is 17.7 Å². The zero-order valence-electron chi connectivity index (χ0n) is 15.2. The van der Waals surface area contributed by atoms with Gasteiger partial charge in [0.1, 0.15) is 5.37 Å². The van der Waals surface area contributed by atoms with E-state index in [4.69, 9.17) is 11.6 Å². The molecule has 138 valence electrons. The minimum atomic E-state index is 0.0583. The lowest BCUT2D eigenvalue weighted by atomic mass is 10.1. The quantitative estimate of drug-likeness (QED) is 0.670. The molecule has 3 rings (SSSR count). The summed E-state index contributed by atoms with van der Waals surface area (Å²) in [4.78, 5) is 18.9. The number of unbranched alkanes of at least 4 members (excludes halogenated alkanes) is 1. The molecule has 1 unspecified atom stereocenters. The Morgan fingerprint density at radius 1 is 1.20 bits per heavy atom. The van der Waals surface area contributed by atoms with E-state index in [9.17, 15) is 4.79 Å². The Morgan fingerprint density at radius 3 is 2.60 bits per heavy atom. The van der Waals surface area contributed by atoms with E-state index in [1.165, 1.54) is 25.9 Å². The molecule has 1 atom stereocenters. The van der Waals surface area contributed by atoms with Crippen LogP contribution in [0.2, 0.25) is 5.02 Å². The van der Waals surface area contributed by atoms with E-state index < -0.39 is 0 Å². The molecule has 1 aromatic carbocycles. The van der Waals surface area contributed by atoms with Gasteiger partial charge in [-0.2, -0.15) is 0 Å². The van der Waals surface area contributed by atoms with Crippen LogP contribution in [0.25, 0.3) is 0 Å². The molecule has 0 aliphatic carbocycles. The molecule has 2 aliphatic rings. The third kappa shape index (κ3) is 4.63. The maximum absolute atomic E-state index is 12.3. The standard InChI is InChI=1S/C19H28ClN3OS/c1-21(2)15-7-8-16(17(20)13-15)19-23(18(24)14-25-19)12-6-5-11-22-9-3-4-10-22/h7-8,13,19H,3-6,9-12,14H2,1-2H3. The number of benzene rings is 1. The maximum atomic E-state index is 12.3. The van der Waals surface area contributed by atoms with Gasteiger partial charge in [-0.3, -0.25) is 4.79 Å². The lowest BCUT2D eigenvalue weighted by molar-refractivity contribution is -0.128. The van der Waals surface area contributed by atoms with E-state index in [2.05, 4.69) is 17.0 Å². The number of halogens is 1. The van der Waals surface area contributed by atoms with Crippen LogP contribution in [0.1, 0.15) is 36.6 Å². The Morgan fingerprint density at radius 2 is 1.92 bits per heavy atom. The average molecular weight is 382 g/mol. The summed E-state index contributed by atoms with van der Waals surface area (Å²) in [6.45, 7) is 4.48. The van der Waals surface area contributed by atoms with Crippen LogP contribution < -0.4 is 4.90 Å². The molecule has 1 amide bonds. The van der Waals surface area contributed by atoms with Gasteiger partial charge in [-0.15, -0.1) is 11.8 Å². The number of carbonyl (C=O) groups excluding carboxylic acids is 1. The molecule has 0 spiro atoms. The monoisotopic (exact) mass is 381 g/mol. The summed E-state index contributed by atoms with van der Waals surface area (Å²) >= 11 is 8.22. The molecule has 4 nitrogen and oxygen atoms in total. The first kappa shape index (κ1) is 18.9. The summed E-state index contributed by atoms with van der Waals surface area (Å²) in [6.07, 6.45) is 4.90. The van der Waals surface area contributed by atoms with Gasteiger partial charge in [-0.25, -0.2) is 0 Å². The fourth-order valence-corrected chi connectivity index (χ4v) is 5.17. The normalized spacial score (nSPS) is 21.3. The van der Waals surface area contributed by atoms with Gasteiger partial charge in [0.15, 0.2) is 0 Å². The van der Waals surface area contributed by atoms with Crippen LogP contribution in [0, 0.1) is 0 Å². The Balaban J connectivity index is 1.59. The van der Waals surface area contributed by atoms with Gasteiger partial charge in [0, 0.05) is 36.9 Å². The summed E-state index contributed by atoms with van der Waals surface area (Å²) in [7, 11) is 4.01. The van der Waals surface area contributed by atoms with Gasteiger partial charge in [0.25, 0.3) is 0 Å². The number of hydrogen-bond acceptors (Lipinski definition) is 4. The summed E-state index contributed by atoms with van der Waals surface area (Å²) in [5.41, 5.74) is 2.14. The van der Waals surface area contributed by atoms with Crippen LogP contribution in [0.5, 0.6) is 0 Å². The van der Waals surface area contributed by atoms with Gasteiger partial charge >= 0.3 is 0 Å². The van der Waals surface area contributed by atoms with Crippen molar-refractivity contribution < 1.29 is 4.79 Å². The largest absolute Gasteiger partial charge is 0.378 e. The number of rotatable bonds is 7. The SMILES string of the molecule is CN(C)c1ccc(C2SCC(=O)N2CCCCN2CCCC2)c(Cl)c1. The van der Waals surface area contributed by atoms with E-state index in [-0.39, 0.29) is 11.3 Å². The molecule has 6 heteroatoms. The van der Waals surface area contributed by atoms with Gasteiger partial charge in [0.05, 0.1) is 5.75 Å². The summed E-state index contributed by atoms with van der Waals surface area (Å²) < 4.78 is 0. The smallest absolute Gasteiger partial charge is 0.233 e. The van der Waals surface area contributed by atoms with Crippen molar-refractivity contribution in [2.24, 2.45) is 0 Å². The minimum absolute atomic E-state index is 0.0583. The number of hydrogen-bond donors (Lipinski definition) is 0. The highest BCUT2D eigenvalue weighted by atomic mass is 35.5. The van der Waals surface area contributed by atoms with E-state index in [0.717, 1.165) is 42.2 Å². The first-order chi connectivity index (χ1) is 12.1. The van der Waals surface area contributed by atoms with E-state index in [0.29, 0.717) is 5.75 Å². The maximum Gasteiger partial charge on any atom is 0.233 e. The topological polar surface area (TPSA) is 26.8 Å². The van der Waals surface area contributed by atoms with Crippen molar-refractivity contribution in [1.29, 1.82) is 0 Å². The van der Waals surface area contributed by atoms with Gasteiger partial charge in [-0.05, 0) is 57.5 Å². The Hall–Kier alpha value is -0.910. The number of likely N-dealkylation sites (tertiary alicyclic amines) is 1. The van der Waals surface area contributed by atoms with Crippen LogP contribution >= 0.6 is 23.4 Å². The molecule has 2 fully saturated rings. The first-order valence-electron chi connectivity index (χ1n) is 9.16. The molecular formula is C19H28ClN3OS. The van der Waals surface area contributed by atoms with Crippen molar-refractivity contribution in [3.8, 4) is 0 Å². The molecule has 2 heterocycles. The zero-order valence-corrected chi connectivity index (χ0v) is 16.8. The van der Waals surface area contributed by atoms with Crippen molar-refractivity contribution >= 4 is 35.0 Å². The molecule has 0 bridgehead atoms. The van der Waals surface area contributed by atoms with Crippen molar-refractivity contribution in [2.45, 2.75) is 31.1 Å². The lowest BCUT2D eigenvalue weighted by Gasteiger charge is -2.26. The third-order valence-electron chi connectivity index (χ3n) is 5.06. The van der Waals surface area contributed by atoms with Crippen LogP contribution in [0.15, 0.2) is 18.2 Å². The molecule has 1 aromatic rings. The Kier molecular flexibility index (Phi) is 6.53. The first-order valence-corrected chi connectivity index (χ1v) is 10.6. The molecule has 25 heavy (non-hydrogen) atoms. The predicted octanol–water partition coefficient (Wildman–Crippen LogP) is 3.86. The molecule has 0 aromatic heterocycles. The number of nitrogens with zero attached hydrogens (tertiary/aromatic N) is 3. The van der Waals surface area contributed by atoms with Crippen LogP contribution in [0.4, 0.5) is 5.69 Å². The summed E-state index contributed by atoms with van der Waals surface area (Å²) in [5, 5.41) is 0.809.